The number of halogens is 2. The maximum Gasteiger partial charge on any atom is 0.341 e. The normalized spacial score (nSPS) is 28.3. The van der Waals surface area contributed by atoms with Gasteiger partial charge in [0, 0.05) is 37.2 Å². The summed E-state index contributed by atoms with van der Waals surface area (Å²) in [5, 5.41) is 9.33. The van der Waals surface area contributed by atoms with E-state index in [0.717, 1.165) is 18.9 Å². The number of aromatic carboxylic acids is 1. The maximum atomic E-state index is 15.2. The van der Waals surface area contributed by atoms with Crippen LogP contribution in [0, 0.1) is 5.82 Å². The van der Waals surface area contributed by atoms with Crippen molar-refractivity contribution < 1.29 is 23.4 Å². The third-order valence-corrected chi connectivity index (χ3v) is 6.21. The highest BCUT2D eigenvalue weighted by atomic mass is 19.1. The van der Waals surface area contributed by atoms with Crippen LogP contribution in [0.4, 0.5) is 14.5 Å². The Bertz CT molecular complexity index is 1100. The predicted octanol–water partition coefficient (Wildman–Crippen LogP) is 2.20. The molecule has 154 valence electrons. The molecule has 4 fully saturated rings. The van der Waals surface area contributed by atoms with Gasteiger partial charge < -0.3 is 25.0 Å². The summed E-state index contributed by atoms with van der Waals surface area (Å²) in [7, 11) is 1.36. The minimum absolute atomic E-state index is 0.00605. The fourth-order valence-corrected chi connectivity index (χ4v) is 5.09. The first-order valence-electron chi connectivity index (χ1n) is 9.56. The van der Waals surface area contributed by atoms with Gasteiger partial charge in [0.2, 0.25) is 5.43 Å². The highest BCUT2D eigenvalue weighted by Gasteiger charge is 2.59. The number of fused-ring (bicyclic) bond motifs is 3. The van der Waals surface area contributed by atoms with Gasteiger partial charge >= 0.3 is 5.97 Å². The Morgan fingerprint density at radius 1 is 1.34 bits per heavy atom. The number of nitrogens with two attached hydrogens (primary N) is 1. The van der Waals surface area contributed by atoms with Gasteiger partial charge in [0.1, 0.15) is 16.9 Å². The quantitative estimate of drug-likeness (QED) is 0.809. The number of ether oxygens (including phenoxy) is 1. The Hall–Kier alpha value is -2.68. The van der Waals surface area contributed by atoms with Crippen molar-refractivity contribution in [3.8, 4) is 5.75 Å². The molecule has 0 spiro atoms. The second kappa shape index (κ2) is 5.69. The smallest absolute Gasteiger partial charge is 0.341 e. The number of methoxy groups -OCH3 is 1. The molecule has 2 bridgehead atoms. The fraction of sp³-hybridized carbons (Fsp3) is 0.500. The van der Waals surface area contributed by atoms with Crippen molar-refractivity contribution in [2.24, 2.45) is 5.73 Å². The second-order valence-corrected chi connectivity index (χ2v) is 8.67. The van der Waals surface area contributed by atoms with Crippen molar-refractivity contribution in [2.45, 2.75) is 42.9 Å². The number of anilines is 1. The number of piperidine rings is 2. The number of carboxylic acids is 1. The van der Waals surface area contributed by atoms with Crippen LogP contribution in [0.15, 0.2) is 17.1 Å². The summed E-state index contributed by atoms with van der Waals surface area (Å²) >= 11 is 0. The van der Waals surface area contributed by atoms with Crippen molar-refractivity contribution in [2.75, 3.05) is 25.1 Å². The number of carbonyl (C=O) groups is 1. The van der Waals surface area contributed by atoms with Gasteiger partial charge in [-0.3, -0.25) is 4.79 Å². The van der Waals surface area contributed by atoms with E-state index in [0.29, 0.717) is 5.52 Å². The third-order valence-electron chi connectivity index (χ3n) is 6.21. The summed E-state index contributed by atoms with van der Waals surface area (Å²) in [5.41, 5.74) is 3.23. The molecule has 3 N–H and O–H groups in total. The van der Waals surface area contributed by atoms with E-state index in [2.05, 4.69) is 0 Å². The molecular weight excluding hydrogens is 384 g/mol. The Labute approximate surface area is 164 Å². The van der Waals surface area contributed by atoms with Crippen LogP contribution in [-0.2, 0) is 0 Å². The molecule has 29 heavy (non-hydrogen) atoms. The monoisotopic (exact) mass is 405 g/mol. The van der Waals surface area contributed by atoms with Crippen LogP contribution in [0.5, 0.6) is 5.75 Å². The Morgan fingerprint density at radius 3 is 2.59 bits per heavy atom. The van der Waals surface area contributed by atoms with Gasteiger partial charge in [-0.25, -0.2) is 13.6 Å². The number of rotatable bonds is 4. The van der Waals surface area contributed by atoms with Gasteiger partial charge in [0.25, 0.3) is 0 Å². The van der Waals surface area contributed by atoms with E-state index in [1.54, 1.807) is 9.47 Å². The van der Waals surface area contributed by atoms with Crippen LogP contribution in [-0.4, -0.2) is 47.0 Å². The molecule has 9 heteroatoms. The second-order valence-electron chi connectivity index (χ2n) is 8.67. The summed E-state index contributed by atoms with van der Waals surface area (Å²) in [5.74, 6) is -2.02. The van der Waals surface area contributed by atoms with Gasteiger partial charge in [0.15, 0.2) is 11.6 Å². The maximum absolute atomic E-state index is 15.2. The topological polar surface area (TPSA) is 97.8 Å². The van der Waals surface area contributed by atoms with Gasteiger partial charge in [-0.15, -0.1) is 0 Å². The Morgan fingerprint density at radius 2 is 2.03 bits per heavy atom. The predicted molar refractivity (Wildman–Crippen MR) is 102 cm³/mol. The minimum atomic E-state index is -1.47. The van der Waals surface area contributed by atoms with E-state index in [-0.39, 0.29) is 48.8 Å². The largest absolute Gasteiger partial charge is 0.492 e. The highest BCUT2D eigenvalue weighted by molar-refractivity contribution is 5.97. The molecule has 2 aromatic rings. The van der Waals surface area contributed by atoms with Crippen LogP contribution >= 0.6 is 0 Å². The zero-order chi connectivity index (χ0) is 20.7. The first-order chi connectivity index (χ1) is 13.6. The molecule has 4 aliphatic rings. The molecule has 2 saturated carbocycles. The molecule has 0 radical (unpaired) electrons. The number of carboxylic acid groups (broad SMARTS) is 1. The zero-order valence-electron chi connectivity index (χ0n) is 15.9. The standard InChI is InChI=1S/C20H21F2N3O4/c1-29-17-14-11(16(26)12(18(27)28)5-25(14)10-2-3-10)4-13(21)15(17)24-8-19(22)6-20(23,7-19)9-24/h4-5,10H,2-3,6-9,23H2,1H3,(H,27,28). The highest BCUT2D eigenvalue weighted by Crippen LogP contribution is 2.51. The van der Waals surface area contributed by atoms with E-state index in [1.807, 2.05) is 0 Å². The van der Waals surface area contributed by atoms with Crippen LogP contribution in [0.3, 0.4) is 0 Å². The van der Waals surface area contributed by atoms with Crippen LogP contribution in [0.25, 0.3) is 10.9 Å². The van der Waals surface area contributed by atoms with Crippen molar-refractivity contribution in [1.29, 1.82) is 0 Å². The molecule has 1 aromatic heterocycles. The fourth-order valence-electron chi connectivity index (χ4n) is 5.09. The molecule has 3 heterocycles. The SMILES string of the molecule is COc1c(N2CC3(N)CC(F)(C2)C3)c(F)cc2c(=O)c(C(=O)O)cn(C3CC3)c12. The number of nitrogens with zero attached hydrogens (tertiary/aromatic N) is 2. The van der Waals surface area contributed by atoms with Gasteiger partial charge in [-0.2, -0.15) is 0 Å². The van der Waals surface area contributed by atoms with Gasteiger partial charge in [-0.1, -0.05) is 0 Å². The minimum Gasteiger partial charge on any atom is -0.492 e. The van der Waals surface area contributed by atoms with Gasteiger partial charge in [0.05, 0.1) is 24.6 Å². The van der Waals surface area contributed by atoms with E-state index in [9.17, 15) is 19.1 Å². The molecule has 0 amide bonds. The average Bonchev–Trinajstić information content (AvgIpc) is 3.44. The van der Waals surface area contributed by atoms with E-state index < -0.39 is 34.0 Å². The van der Waals surface area contributed by atoms with E-state index >= 15 is 4.39 Å². The molecule has 7 nitrogen and oxygen atoms in total. The lowest BCUT2D eigenvalue weighted by molar-refractivity contribution is -0.0292. The lowest BCUT2D eigenvalue weighted by Gasteiger charge is -2.58. The summed E-state index contributed by atoms with van der Waals surface area (Å²) in [4.78, 5) is 25.8. The number of aromatic nitrogens is 1. The average molecular weight is 405 g/mol. The summed E-state index contributed by atoms with van der Waals surface area (Å²) in [6, 6.07) is 1.04. The molecule has 2 aliphatic carbocycles. The van der Waals surface area contributed by atoms with Crippen molar-refractivity contribution in [3.63, 3.8) is 0 Å². The molecule has 1 aromatic carbocycles. The molecule has 2 saturated heterocycles. The summed E-state index contributed by atoms with van der Waals surface area (Å²) in [6.07, 6.45) is 3.40. The number of hydrogen-bond acceptors (Lipinski definition) is 5. The zero-order valence-corrected chi connectivity index (χ0v) is 15.9. The summed E-state index contributed by atoms with van der Waals surface area (Å²) < 4.78 is 37.2. The Balaban J connectivity index is 1.78. The van der Waals surface area contributed by atoms with Crippen molar-refractivity contribution in [1.82, 2.24) is 4.57 Å². The van der Waals surface area contributed by atoms with Crippen LogP contribution in [0.2, 0.25) is 0 Å². The van der Waals surface area contributed by atoms with Crippen LogP contribution < -0.4 is 20.8 Å². The van der Waals surface area contributed by atoms with Crippen molar-refractivity contribution in [3.05, 3.63) is 33.9 Å². The first-order valence-corrected chi connectivity index (χ1v) is 9.56. The molecular formula is C20H21F2N3O4. The molecule has 0 atom stereocenters. The van der Waals surface area contributed by atoms with E-state index in [1.165, 1.54) is 13.3 Å². The van der Waals surface area contributed by atoms with Crippen LogP contribution in [0.1, 0.15) is 42.1 Å². The molecule has 6 rings (SSSR count). The Kier molecular flexibility index (Phi) is 3.60. The van der Waals surface area contributed by atoms with Gasteiger partial charge in [-0.05, 0) is 18.9 Å². The number of pyridine rings is 1. The first kappa shape index (κ1) is 18.4. The molecule has 0 unspecified atom stereocenters. The third kappa shape index (κ3) is 2.63. The lowest BCUT2D eigenvalue weighted by atomic mass is 9.63. The van der Waals surface area contributed by atoms with Crippen molar-refractivity contribution >= 4 is 22.6 Å². The number of benzene rings is 1. The summed E-state index contributed by atoms with van der Waals surface area (Å²) in [6.45, 7) is 0.268. The van der Waals surface area contributed by atoms with E-state index in [4.69, 9.17) is 10.5 Å². The lowest BCUT2D eigenvalue weighted by Crippen LogP contribution is -2.73. The molecule has 2 aliphatic heterocycles. The number of hydrogen-bond donors (Lipinski definition) is 2. The number of alkyl halides is 1.